The maximum absolute atomic E-state index is 13.1. The molecule has 0 spiro atoms. The van der Waals surface area contributed by atoms with Crippen molar-refractivity contribution in [3.8, 4) is 5.75 Å². The van der Waals surface area contributed by atoms with Crippen LogP contribution in [0.3, 0.4) is 0 Å². The molecule has 2 saturated heterocycles. The molecule has 196 valence electrons. The third kappa shape index (κ3) is 4.25. The van der Waals surface area contributed by atoms with Gasteiger partial charge in [0.15, 0.2) is 0 Å². The van der Waals surface area contributed by atoms with Gasteiger partial charge in [0.1, 0.15) is 5.75 Å². The summed E-state index contributed by atoms with van der Waals surface area (Å²) in [5, 5.41) is 11.3. The highest BCUT2D eigenvalue weighted by atomic mass is 16.6. The van der Waals surface area contributed by atoms with Crippen molar-refractivity contribution in [2.45, 2.75) is 33.6 Å². The Labute approximate surface area is 219 Å². The number of nitro groups is 1. The first-order valence-corrected chi connectivity index (χ1v) is 12.5. The van der Waals surface area contributed by atoms with E-state index in [1.165, 1.54) is 21.9 Å². The summed E-state index contributed by atoms with van der Waals surface area (Å²) in [6, 6.07) is 9.23. The highest BCUT2D eigenvalue weighted by molar-refractivity contribution is 6.22. The monoisotopic (exact) mass is 517 g/mol. The second-order valence-corrected chi connectivity index (χ2v) is 10.2. The van der Waals surface area contributed by atoms with E-state index in [0.717, 1.165) is 0 Å². The van der Waals surface area contributed by atoms with Crippen molar-refractivity contribution in [2.75, 3.05) is 16.3 Å². The number of hydrogen-bond donors (Lipinski definition) is 0. The maximum atomic E-state index is 13.1. The minimum Gasteiger partial charge on any atom is -0.426 e. The maximum Gasteiger partial charge on any atom is 0.316 e. The zero-order valence-electron chi connectivity index (χ0n) is 21.2. The fourth-order valence-electron chi connectivity index (χ4n) is 5.60. The third-order valence-electron chi connectivity index (χ3n) is 7.66. The lowest BCUT2D eigenvalue weighted by molar-refractivity contribution is -0.385. The molecule has 2 aliphatic heterocycles. The number of benzene rings is 2. The van der Waals surface area contributed by atoms with Gasteiger partial charge in [-0.3, -0.25) is 29.3 Å². The SMILES string of the molecule is Cc1cc(OC(=O)[C@@H]2CC(=O)N(c3ccc(C)c([N+](=O)[O-])c3)C2)ccc1N1C(=O)[C@@H]2[C@H](C)C=CC[C@H]2C1=O. The normalized spacial score (nSPS) is 24.7. The van der Waals surface area contributed by atoms with Crippen molar-refractivity contribution in [2.24, 2.45) is 23.7 Å². The number of fused-ring (bicyclic) bond motifs is 1. The molecule has 0 radical (unpaired) electrons. The molecule has 0 N–H and O–H groups in total. The van der Waals surface area contributed by atoms with Crippen LogP contribution in [0.4, 0.5) is 17.1 Å². The Hall–Kier alpha value is -4.34. The molecule has 3 amide bonds. The number of nitrogens with zero attached hydrogens (tertiary/aromatic N) is 3. The van der Waals surface area contributed by atoms with E-state index in [0.29, 0.717) is 28.9 Å². The van der Waals surface area contributed by atoms with E-state index in [1.807, 2.05) is 19.1 Å². The topological polar surface area (TPSA) is 127 Å². The number of carbonyl (C=O) groups excluding carboxylic acids is 4. The van der Waals surface area contributed by atoms with Crippen molar-refractivity contribution < 1.29 is 28.8 Å². The predicted molar refractivity (Wildman–Crippen MR) is 138 cm³/mol. The Kier molecular flexibility index (Phi) is 6.34. The van der Waals surface area contributed by atoms with Crippen molar-refractivity contribution in [3.63, 3.8) is 0 Å². The number of rotatable bonds is 5. The van der Waals surface area contributed by atoms with Crippen molar-refractivity contribution in [1.82, 2.24) is 0 Å². The van der Waals surface area contributed by atoms with E-state index < -0.39 is 16.8 Å². The summed E-state index contributed by atoms with van der Waals surface area (Å²) in [4.78, 5) is 65.1. The molecule has 1 aliphatic carbocycles. The minimum absolute atomic E-state index is 0.0181. The van der Waals surface area contributed by atoms with Crippen molar-refractivity contribution in [3.05, 3.63) is 69.8 Å². The van der Waals surface area contributed by atoms with Crippen LogP contribution in [-0.2, 0) is 19.2 Å². The number of amides is 3. The van der Waals surface area contributed by atoms with E-state index in [1.54, 1.807) is 38.1 Å². The van der Waals surface area contributed by atoms with Crippen LogP contribution in [0, 0.1) is 47.6 Å². The lowest BCUT2D eigenvalue weighted by atomic mass is 9.78. The van der Waals surface area contributed by atoms with Crippen LogP contribution in [0.1, 0.15) is 30.9 Å². The number of nitro benzene ring substituents is 1. The van der Waals surface area contributed by atoms with Crippen LogP contribution in [0.5, 0.6) is 5.75 Å². The molecule has 0 unspecified atom stereocenters. The molecule has 10 nitrogen and oxygen atoms in total. The number of imide groups is 1. The Morgan fingerprint density at radius 3 is 2.50 bits per heavy atom. The molecular weight excluding hydrogens is 490 g/mol. The minimum atomic E-state index is -0.748. The molecule has 38 heavy (non-hydrogen) atoms. The summed E-state index contributed by atoms with van der Waals surface area (Å²) >= 11 is 0. The van der Waals surface area contributed by atoms with E-state index >= 15 is 0 Å². The summed E-state index contributed by atoms with van der Waals surface area (Å²) in [5.41, 5.74) is 1.80. The molecule has 0 saturated carbocycles. The van der Waals surface area contributed by atoms with Crippen LogP contribution in [-0.4, -0.2) is 35.2 Å². The van der Waals surface area contributed by atoms with Gasteiger partial charge in [-0.05, 0) is 56.0 Å². The van der Waals surface area contributed by atoms with E-state index in [2.05, 4.69) is 0 Å². The Morgan fingerprint density at radius 2 is 1.82 bits per heavy atom. The predicted octanol–water partition coefficient (Wildman–Crippen LogP) is 3.87. The Morgan fingerprint density at radius 1 is 1.05 bits per heavy atom. The molecule has 2 fully saturated rings. The van der Waals surface area contributed by atoms with Gasteiger partial charge in [0.05, 0.1) is 34.1 Å². The number of hydrogen-bond acceptors (Lipinski definition) is 7. The van der Waals surface area contributed by atoms with Gasteiger partial charge in [-0.2, -0.15) is 0 Å². The smallest absolute Gasteiger partial charge is 0.316 e. The Bertz CT molecular complexity index is 1420. The number of esters is 1. The van der Waals surface area contributed by atoms with Gasteiger partial charge >= 0.3 is 5.97 Å². The quantitative estimate of drug-likeness (QED) is 0.147. The molecular formula is C28H27N3O7. The molecule has 0 aromatic heterocycles. The molecule has 2 heterocycles. The number of carbonyl (C=O) groups is 4. The summed E-state index contributed by atoms with van der Waals surface area (Å²) in [6.07, 6.45) is 4.38. The van der Waals surface area contributed by atoms with Crippen LogP contribution < -0.4 is 14.5 Å². The Balaban J connectivity index is 1.29. The highest BCUT2D eigenvalue weighted by Crippen LogP contribution is 2.41. The molecule has 2 aromatic rings. The summed E-state index contributed by atoms with van der Waals surface area (Å²) in [6.45, 7) is 5.33. The first-order valence-electron chi connectivity index (χ1n) is 12.5. The lowest BCUT2D eigenvalue weighted by Gasteiger charge is -2.22. The first kappa shape index (κ1) is 25.3. The standard InChI is InChI=1S/C28H27N3O7/c1-15-7-8-19(13-23(15)31(36)37)29-14-18(12-24(29)32)28(35)38-20-9-10-22(17(3)11-20)30-26(33)21-6-4-5-16(2)25(21)27(30)34/h4-5,7-11,13,16,18,21,25H,6,12,14H2,1-3H3/t16-,18-,21-,25-/m1/s1. The van der Waals surface area contributed by atoms with Gasteiger partial charge < -0.3 is 9.64 Å². The number of ether oxygens (including phenoxy) is 1. The van der Waals surface area contributed by atoms with Gasteiger partial charge in [-0.15, -0.1) is 0 Å². The van der Waals surface area contributed by atoms with E-state index in [-0.39, 0.29) is 59.9 Å². The third-order valence-corrected chi connectivity index (χ3v) is 7.66. The highest BCUT2D eigenvalue weighted by Gasteiger charge is 2.50. The summed E-state index contributed by atoms with van der Waals surface area (Å²) < 4.78 is 5.55. The average Bonchev–Trinajstić information content (AvgIpc) is 3.38. The molecule has 5 rings (SSSR count). The first-order chi connectivity index (χ1) is 18.1. The largest absolute Gasteiger partial charge is 0.426 e. The van der Waals surface area contributed by atoms with Gasteiger partial charge in [-0.25, -0.2) is 4.90 Å². The van der Waals surface area contributed by atoms with Gasteiger partial charge in [0, 0.05) is 24.6 Å². The van der Waals surface area contributed by atoms with Gasteiger partial charge in [-0.1, -0.05) is 25.1 Å². The fourth-order valence-corrected chi connectivity index (χ4v) is 5.60. The summed E-state index contributed by atoms with van der Waals surface area (Å²) in [5.74, 6) is -2.63. The van der Waals surface area contributed by atoms with Gasteiger partial charge in [0.25, 0.3) is 5.69 Å². The second kappa shape index (κ2) is 9.51. The molecule has 3 aliphatic rings. The zero-order chi connectivity index (χ0) is 27.3. The number of anilines is 2. The fraction of sp³-hybridized carbons (Fsp3) is 0.357. The lowest BCUT2D eigenvalue weighted by Crippen LogP contribution is -2.32. The average molecular weight is 518 g/mol. The number of aryl methyl sites for hydroxylation is 2. The van der Waals surface area contributed by atoms with Crippen LogP contribution in [0.2, 0.25) is 0 Å². The van der Waals surface area contributed by atoms with Gasteiger partial charge in [0.2, 0.25) is 17.7 Å². The van der Waals surface area contributed by atoms with Crippen LogP contribution in [0.15, 0.2) is 48.6 Å². The second-order valence-electron chi connectivity index (χ2n) is 10.2. The van der Waals surface area contributed by atoms with Crippen LogP contribution >= 0.6 is 0 Å². The molecule has 10 heteroatoms. The molecule has 4 atom stereocenters. The zero-order valence-corrected chi connectivity index (χ0v) is 21.2. The molecule has 0 bridgehead atoms. The van der Waals surface area contributed by atoms with Crippen molar-refractivity contribution >= 4 is 40.8 Å². The van der Waals surface area contributed by atoms with Crippen molar-refractivity contribution in [1.29, 1.82) is 0 Å². The molecule has 2 aromatic carbocycles. The van der Waals surface area contributed by atoms with E-state index in [4.69, 9.17) is 4.74 Å². The number of allylic oxidation sites excluding steroid dienone is 2. The van der Waals surface area contributed by atoms with E-state index in [9.17, 15) is 29.3 Å². The summed E-state index contributed by atoms with van der Waals surface area (Å²) in [7, 11) is 0. The van der Waals surface area contributed by atoms with Crippen LogP contribution in [0.25, 0.3) is 0 Å².